The first-order valence-corrected chi connectivity index (χ1v) is 13.7. The van der Waals surface area contributed by atoms with Crippen molar-refractivity contribution in [2.24, 2.45) is 4.99 Å². The number of aromatic nitrogens is 1. The summed E-state index contributed by atoms with van der Waals surface area (Å²) in [7, 11) is 0. The molecule has 2 N–H and O–H groups in total. The van der Waals surface area contributed by atoms with Crippen molar-refractivity contribution in [1.29, 1.82) is 0 Å². The van der Waals surface area contributed by atoms with Crippen LogP contribution in [-0.4, -0.2) is 97.1 Å². The van der Waals surface area contributed by atoms with E-state index in [4.69, 9.17) is 0 Å². The Bertz CT molecular complexity index is 1460. The van der Waals surface area contributed by atoms with Gasteiger partial charge in [-0.1, -0.05) is 0 Å². The Hall–Kier alpha value is -3.61. The number of thioether (sulfide) groups is 1. The lowest BCUT2D eigenvalue weighted by Crippen LogP contribution is -2.65. The van der Waals surface area contributed by atoms with E-state index in [1.54, 1.807) is 17.0 Å². The van der Waals surface area contributed by atoms with Gasteiger partial charge in [-0.3, -0.25) is 14.6 Å². The lowest BCUT2D eigenvalue weighted by molar-refractivity contribution is -0.158. The van der Waals surface area contributed by atoms with Crippen LogP contribution in [0.2, 0.25) is 0 Å². The number of aliphatic imine (C=N–C) groups is 1. The van der Waals surface area contributed by atoms with Gasteiger partial charge in [-0.25, -0.2) is 14.0 Å². The number of pyridine rings is 1. The molecule has 1 aromatic heterocycles. The number of carbonyl (C=O) groups is 3. The van der Waals surface area contributed by atoms with Crippen LogP contribution in [0, 0.1) is 5.82 Å². The zero-order valence-electron chi connectivity index (χ0n) is 21.8. The number of aromatic carboxylic acids is 1. The molecule has 0 spiro atoms. The average Bonchev–Trinajstić information content (AvgIpc) is 2.98. The number of anilines is 1. The van der Waals surface area contributed by atoms with Gasteiger partial charge in [-0.2, -0.15) is 0 Å². The summed E-state index contributed by atoms with van der Waals surface area (Å²) in [6, 6.07) is 1.21. The monoisotopic (exact) mass is 559 g/mol. The van der Waals surface area contributed by atoms with Crippen LogP contribution in [0.4, 0.5) is 10.1 Å². The van der Waals surface area contributed by atoms with E-state index >= 15 is 4.39 Å². The van der Waals surface area contributed by atoms with Crippen LogP contribution in [0.3, 0.4) is 0 Å². The van der Waals surface area contributed by atoms with Crippen molar-refractivity contribution in [1.82, 2.24) is 14.4 Å². The van der Waals surface area contributed by atoms with Crippen LogP contribution in [0.15, 0.2) is 28.1 Å². The van der Waals surface area contributed by atoms with Gasteiger partial charge in [0, 0.05) is 49.1 Å². The molecule has 0 radical (unpaired) electrons. The lowest BCUT2D eigenvalue weighted by Gasteiger charge is -2.41. The number of halogens is 1. The minimum atomic E-state index is -1.35. The van der Waals surface area contributed by atoms with E-state index in [1.165, 1.54) is 22.9 Å². The van der Waals surface area contributed by atoms with Crippen LogP contribution >= 0.6 is 11.8 Å². The molecule has 5 rings (SSSR count). The number of carboxylic acid groups (broad SMARTS) is 2. The highest BCUT2D eigenvalue weighted by atomic mass is 32.2. The molecule has 3 aliphatic heterocycles. The molecule has 0 saturated carbocycles. The van der Waals surface area contributed by atoms with Gasteiger partial charge in [0.2, 0.25) is 5.43 Å². The number of carboxylic acids is 2. The molecule has 3 fully saturated rings. The second kappa shape index (κ2) is 9.85. The Morgan fingerprint density at radius 1 is 1.18 bits per heavy atom. The lowest BCUT2D eigenvalue weighted by atomic mass is 9.96. The number of aliphatic carboxylic acids is 1. The van der Waals surface area contributed by atoms with E-state index in [1.807, 2.05) is 30.6 Å². The maximum absolute atomic E-state index is 15.2. The molecule has 208 valence electrons. The fraction of sp³-hybridized carbons (Fsp3) is 0.500. The minimum absolute atomic E-state index is 0.0267. The second-order valence-corrected chi connectivity index (χ2v) is 12.2. The Morgan fingerprint density at radius 3 is 2.59 bits per heavy atom. The van der Waals surface area contributed by atoms with Gasteiger partial charge in [0.25, 0.3) is 5.91 Å². The Morgan fingerprint density at radius 2 is 1.92 bits per heavy atom. The summed E-state index contributed by atoms with van der Waals surface area (Å²) in [6.45, 7) is 8.06. The molecule has 1 aromatic carbocycles. The van der Waals surface area contributed by atoms with Gasteiger partial charge in [-0.15, -0.1) is 11.8 Å². The van der Waals surface area contributed by atoms with Crippen LogP contribution in [-0.2, 0) is 16.1 Å². The number of fused-ring (bicyclic) bond motifs is 2. The van der Waals surface area contributed by atoms with Crippen molar-refractivity contribution in [3.05, 3.63) is 39.9 Å². The third-order valence-electron chi connectivity index (χ3n) is 7.63. The summed E-state index contributed by atoms with van der Waals surface area (Å²) >= 11 is 1.45. The number of rotatable bonds is 6. The summed E-state index contributed by atoms with van der Waals surface area (Å²) in [5.41, 5.74) is -0.308. The van der Waals surface area contributed by atoms with E-state index in [0.29, 0.717) is 50.3 Å². The Balaban J connectivity index is 1.32. The zero-order chi connectivity index (χ0) is 28.2. The first-order chi connectivity index (χ1) is 18.4. The van der Waals surface area contributed by atoms with E-state index in [2.05, 4.69) is 4.99 Å². The minimum Gasteiger partial charge on any atom is -0.480 e. The predicted molar refractivity (Wildman–Crippen MR) is 145 cm³/mol. The normalized spacial score (nSPS) is 24.7. The van der Waals surface area contributed by atoms with E-state index in [9.17, 15) is 29.4 Å². The maximum Gasteiger partial charge on any atom is 0.341 e. The van der Waals surface area contributed by atoms with Crippen molar-refractivity contribution in [2.75, 3.05) is 31.1 Å². The number of hydrogen-bond donors (Lipinski definition) is 2. The largest absolute Gasteiger partial charge is 0.480 e. The van der Waals surface area contributed by atoms with Gasteiger partial charge < -0.3 is 29.5 Å². The number of carbonyl (C=O) groups excluding carboxylic acids is 1. The average molecular weight is 560 g/mol. The van der Waals surface area contributed by atoms with Crippen molar-refractivity contribution in [3.8, 4) is 0 Å². The third-order valence-corrected chi connectivity index (χ3v) is 9.19. The van der Waals surface area contributed by atoms with Crippen molar-refractivity contribution < 1.29 is 29.0 Å². The fourth-order valence-electron chi connectivity index (χ4n) is 5.65. The molecule has 0 unspecified atom stereocenters. The standard InChI is InChI=1S/C26H30FN5O6S/c1-4-30-12-15(24(35)36)20(33)14-10-16(27)18(11-17(14)30)31-7-5-6-29(8-9-31)13-28-19-22(34)32-21(25(37)38)26(2,3)39-23(19)32/h10-13,19,21,23H,4-9H2,1-3H3,(H,35,36)(H,37,38)/t19-,21+,23-/m0/s1. The van der Waals surface area contributed by atoms with Crippen LogP contribution < -0.4 is 10.3 Å². The molecule has 0 bridgehead atoms. The van der Waals surface area contributed by atoms with Gasteiger partial charge in [-0.05, 0) is 39.3 Å². The highest BCUT2D eigenvalue weighted by Gasteiger charge is 2.63. The van der Waals surface area contributed by atoms with Crippen LogP contribution in [0.5, 0.6) is 0 Å². The highest BCUT2D eigenvalue weighted by Crippen LogP contribution is 2.51. The van der Waals surface area contributed by atoms with E-state index in [-0.39, 0.29) is 16.7 Å². The first-order valence-electron chi connectivity index (χ1n) is 12.8. The quantitative estimate of drug-likeness (QED) is 0.309. The predicted octanol–water partition coefficient (Wildman–Crippen LogP) is 1.91. The number of aryl methyl sites for hydroxylation is 1. The molecular weight excluding hydrogens is 529 g/mol. The number of hydrogen-bond acceptors (Lipinski definition) is 7. The van der Waals surface area contributed by atoms with Crippen LogP contribution in [0.25, 0.3) is 10.9 Å². The molecule has 3 atom stereocenters. The summed E-state index contributed by atoms with van der Waals surface area (Å²) in [5.74, 6) is -3.25. The van der Waals surface area contributed by atoms with Crippen molar-refractivity contribution in [3.63, 3.8) is 0 Å². The first kappa shape index (κ1) is 27.0. The SMILES string of the molecule is CCn1cc(C(=O)O)c(=O)c2cc(F)c(N3CCCN(C=N[C@H]4C(=O)N5[C@H]4SC(C)(C)[C@H]5C(=O)O)CC3)cc21. The van der Waals surface area contributed by atoms with Gasteiger partial charge in [0.05, 0.1) is 17.5 Å². The summed E-state index contributed by atoms with van der Waals surface area (Å²) in [5, 5.41) is 18.7. The third kappa shape index (κ3) is 4.52. The molecule has 13 heteroatoms. The second-order valence-electron chi connectivity index (χ2n) is 10.5. The van der Waals surface area contributed by atoms with Crippen LogP contribution in [0.1, 0.15) is 37.6 Å². The maximum atomic E-state index is 15.2. The fourth-order valence-corrected chi connectivity index (χ4v) is 7.27. The smallest absolute Gasteiger partial charge is 0.341 e. The molecular formula is C26H30FN5O6S. The molecule has 1 amide bonds. The van der Waals surface area contributed by atoms with E-state index in [0.717, 1.165) is 6.07 Å². The van der Waals surface area contributed by atoms with Gasteiger partial charge >= 0.3 is 11.9 Å². The number of nitrogens with zero attached hydrogens (tertiary/aromatic N) is 5. The van der Waals surface area contributed by atoms with Gasteiger partial charge in [0.1, 0.15) is 22.8 Å². The van der Waals surface area contributed by atoms with Crippen molar-refractivity contribution in [2.45, 2.75) is 55.9 Å². The molecule has 4 heterocycles. The molecule has 39 heavy (non-hydrogen) atoms. The molecule has 3 saturated heterocycles. The Labute approximate surface area is 227 Å². The number of amides is 1. The van der Waals surface area contributed by atoms with E-state index < -0.39 is 45.6 Å². The topological polar surface area (TPSA) is 136 Å². The summed E-state index contributed by atoms with van der Waals surface area (Å²) in [4.78, 5) is 58.3. The molecule has 2 aromatic rings. The summed E-state index contributed by atoms with van der Waals surface area (Å²) < 4.78 is 16.3. The Kier molecular flexibility index (Phi) is 6.81. The summed E-state index contributed by atoms with van der Waals surface area (Å²) in [6.07, 6.45) is 3.63. The van der Waals surface area contributed by atoms with Crippen molar-refractivity contribution >= 4 is 52.5 Å². The number of β-lactam (4-membered cyclic amide) rings is 1. The molecule has 3 aliphatic rings. The zero-order valence-corrected chi connectivity index (χ0v) is 22.7. The van der Waals surface area contributed by atoms with Gasteiger partial charge in [0.15, 0.2) is 6.04 Å². The molecule has 0 aliphatic carbocycles. The molecule has 11 nitrogen and oxygen atoms in total. The highest BCUT2D eigenvalue weighted by molar-refractivity contribution is 8.01. The number of benzene rings is 1.